The van der Waals surface area contributed by atoms with Crippen LogP contribution in [0, 0.1) is 5.92 Å². The van der Waals surface area contributed by atoms with Gasteiger partial charge in [-0.2, -0.15) is 0 Å². The Bertz CT molecular complexity index is 488. The summed E-state index contributed by atoms with van der Waals surface area (Å²) in [6.45, 7) is 4.52. The summed E-state index contributed by atoms with van der Waals surface area (Å²) in [7, 11) is -0.569. The van der Waals surface area contributed by atoms with Crippen LogP contribution in [-0.4, -0.2) is 39.9 Å². The molecular formula is C17H24BF3O4. The highest BCUT2D eigenvalue weighted by atomic mass is 19.4. The van der Waals surface area contributed by atoms with Crippen molar-refractivity contribution < 1.29 is 32.0 Å². The molecule has 4 nitrogen and oxygen atoms in total. The van der Waals surface area contributed by atoms with Crippen LogP contribution >= 0.6 is 0 Å². The van der Waals surface area contributed by atoms with E-state index in [1.807, 2.05) is 0 Å². The molecule has 8 heteroatoms. The minimum atomic E-state index is -4.69. The van der Waals surface area contributed by atoms with Crippen molar-refractivity contribution >= 4 is 12.6 Å². The first-order valence-corrected chi connectivity index (χ1v) is 8.64. The van der Waals surface area contributed by atoms with Gasteiger partial charge in [0.1, 0.15) is 5.75 Å². The van der Waals surface area contributed by atoms with Crippen LogP contribution in [0.1, 0.15) is 32.6 Å². The summed E-state index contributed by atoms with van der Waals surface area (Å²) in [5.41, 5.74) is 0.661. The predicted octanol–water partition coefficient (Wildman–Crippen LogP) is 3.54. The number of halogens is 3. The first-order valence-electron chi connectivity index (χ1n) is 8.64. The van der Waals surface area contributed by atoms with E-state index in [-0.39, 0.29) is 11.7 Å². The van der Waals surface area contributed by atoms with Crippen LogP contribution in [0.4, 0.5) is 13.2 Å². The molecule has 1 aromatic rings. The molecule has 1 fully saturated rings. The molecule has 0 aliphatic carbocycles. The molecule has 2 rings (SSSR count). The molecule has 140 valence electrons. The summed E-state index contributed by atoms with van der Waals surface area (Å²) in [5, 5.41) is 0. The zero-order chi connectivity index (χ0) is 18.1. The normalized spacial score (nSPS) is 16.2. The van der Waals surface area contributed by atoms with E-state index in [9.17, 15) is 13.2 Å². The average Bonchev–Trinajstić information content (AvgIpc) is 2.58. The van der Waals surface area contributed by atoms with Crippen molar-refractivity contribution in [1.29, 1.82) is 0 Å². The first kappa shape index (κ1) is 20.1. The summed E-state index contributed by atoms with van der Waals surface area (Å²) in [5.74, 6) is -0.0864. The molecule has 0 N–H and O–H groups in total. The Labute approximate surface area is 146 Å². The van der Waals surface area contributed by atoms with Gasteiger partial charge in [-0.25, -0.2) is 0 Å². The topological polar surface area (TPSA) is 36.9 Å². The van der Waals surface area contributed by atoms with Gasteiger partial charge in [0.2, 0.25) is 0 Å². The van der Waals surface area contributed by atoms with Gasteiger partial charge in [0.05, 0.1) is 6.61 Å². The Morgan fingerprint density at radius 2 is 1.76 bits per heavy atom. The molecular weight excluding hydrogens is 336 g/mol. The highest BCUT2D eigenvalue weighted by Crippen LogP contribution is 2.21. The maximum Gasteiger partial charge on any atom is 0.573 e. The zero-order valence-electron chi connectivity index (χ0n) is 14.4. The van der Waals surface area contributed by atoms with Crippen molar-refractivity contribution in [3.63, 3.8) is 0 Å². The molecule has 0 atom stereocenters. The summed E-state index contributed by atoms with van der Waals surface area (Å²) >= 11 is 0. The third-order valence-electron chi connectivity index (χ3n) is 3.85. The summed E-state index contributed by atoms with van der Waals surface area (Å²) in [6, 6.07) is 5.52. The second kappa shape index (κ2) is 10.0. The summed E-state index contributed by atoms with van der Waals surface area (Å²) in [6.07, 6.45) is -0.00680. The van der Waals surface area contributed by atoms with Gasteiger partial charge < -0.3 is 18.8 Å². The predicted molar refractivity (Wildman–Crippen MR) is 88.9 cm³/mol. The van der Waals surface area contributed by atoms with Crippen LogP contribution in [-0.2, 0) is 14.0 Å². The Kier molecular flexibility index (Phi) is 8.06. The van der Waals surface area contributed by atoms with Gasteiger partial charge in [-0.1, -0.05) is 38.3 Å². The second-order valence-electron chi connectivity index (χ2n) is 6.12. The molecule has 1 aliphatic heterocycles. The molecule has 0 saturated carbocycles. The molecule has 25 heavy (non-hydrogen) atoms. The van der Waals surface area contributed by atoms with E-state index in [1.165, 1.54) is 43.5 Å². The molecule has 1 aromatic carbocycles. The first-order chi connectivity index (χ1) is 12.0. The lowest BCUT2D eigenvalue weighted by Crippen LogP contribution is -2.45. The number of benzene rings is 1. The minimum Gasteiger partial charge on any atom is -0.407 e. The van der Waals surface area contributed by atoms with Crippen LogP contribution in [0.3, 0.4) is 0 Å². The van der Waals surface area contributed by atoms with Crippen molar-refractivity contribution in [2.45, 2.75) is 39.0 Å². The molecule has 0 unspecified atom stereocenters. The molecule has 1 aliphatic rings. The van der Waals surface area contributed by atoms with Gasteiger partial charge in [-0.05, 0) is 24.0 Å². The average molecular weight is 360 g/mol. The van der Waals surface area contributed by atoms with Crippen molar-refractivity contribution in [3.8, 4) is 5.75 Å². The maximum absolute atomic E-state index is 12.1. The number of alkyl halides is 3. The van der Waals surface area contributed by atoms with Crippen molar-refractivity contribution in [2.24, 2.45) is 5.92 Å². The fraction of sp³-hybridized carbons (Fsp3) is 0.647. The highest BCUT2D eigenvalue weighted by molar-refractivity contribution is 6.61. The van der Waals surface area contributed by atoms with E-state index in [0.29, 0.717) is 25.3 Å². The zero-order valence-corrected chi connectivity index (χ0v) is 14.4. The van der Waals surface area contributed by atoms with Gasteiger partial charge in [0.25, 0.3) is 0 Å². The van der Waals surface area contributed by atoms with Crippen LogP contribution < -0.4 is 10.2 Å². The molecule has 0 amide bonds. The standard InChI is InChI=1S/C17H24BF3O4/c1-2-3-4-5-10-22-11-14-12-23-18(24-13-14)15-6-8-16(9-7-15)25-17(19,20)21/h6-9,14H,2-5,10-13H2,1H3. The van der Waals surface area contributed by atoms with E-state index < -0.39 is 13.5 Å². The smallest absolute Gasteiger partial charge is 0.407 e. The van der Waals surface area contributed by atoms with Gasteiger partial charge in [-0.3, -0.25) is 0 Å². The summed E-state index contributed by atoms with van der Waals surface area (Å²) < 4.78 is 57.2. The molecule has 0 radical (unpaired) electrons. The molecule has 1 heterocycles. The Morgan fingerprint density at radius 3 is 2.36 bits per heavy atom. The lowest BCUT2D eigenvalue weighted by molar-refractivity contribution is -0.274. The van der Waals surface area contributed by atoms with Gasteiger partial charge >= 0.3 is 13.5 Å². The molecule has 1 saturated heterocycles. The van der Waals surface area contributed by atoms with E-state index >= 15 is 0 Å². The lowest BCUT2D eigenvalue weighted by atomic mass is 9.77. The highest BCUT2D eigenvalue weighted by Gasteiger charge is 2.32. The third-order valence-corrected chi connectivity index (χ3v) is 3.85. The van der Waals surface area contributed by atoms with Crippen LogP contribution in [0.25, 0.3) is 0 Å². The number of hydrogen-bond donors (Lipinski definition) is 0. The number of ether oxygens (including phenoxy) is 2. The van der Waals surface area contributed by atoms with E-state index in [2.05, 4.69) is 11.7 Å². The molecule has 0 spiro atoms. The van der Waals surface area contributed by atoms with Gasteiger partial charge in [-0.15, -0.1) is 13.2 Å². The SMILES string of the molecule is CCCCCCOCC1COB(c2ccc(OC(F)(F)F)cc2)OC1. The van der Waals surface area contributed by atoms with Crippen LogP contribution in [0.2, 0.25) is 0 Å². The fourth-order valence-electron chi connectivity index (χ4n) is 2.54. The third kappa shape index (κ3) is 7.67. The van der Waals surface area contributed by atoms with Crippen LogP contribution in [0.15, 0.2) is 24.3 Å². The van der Waals surface area contributed by atoms with Crippen LogP contribution in [0.5, 0.6) is 5.75 Å². The molecule has 0 aromatic heterocycles. The Balaban J connectivity index is 1.67. The van der Waals surface area contributed by atoms with Crippen molar-refractivity contribution in [3.05, 3.63) is 24.3 Å². The van der Waals surface area contributed by atoms with Crippen molar-refractivity contribution in [1.82, 2.24) is 0 Å². The van der Waals surface area contributed by atoms with Gasteiger partial charge in [0, 0.05) is 25.7 Å². The second-order valence-corrected chi connectivity index (χ2v) is 6.12. The number of hydrogen-bond acceptors (Lipinski definition) is 4. The van der Waals surface area contributed by atoms with Gasteiger partial charge in [0.15, 0.2) is 0 Å². The lowest BCUT2D eigenvalue weighted by Gasteiger charge is -2.27. The Hall–Kier alpha value is -1.25. The monoisotopic (exact) mass is 360 g/mol. The van der Waals surface area contributed by atoms with Crippen molar-refractivity contribution in [2.75, 3.05) is 26.4 Å². The van der Waals surface area contributed by atoms with E-state index in [4.69, 9.17) is 14.0 Å². The maximum atomic E-state index is 12.1. The summed E-state index contributed by atoms with van der Waals surface area (Å²) in [4.78, 5) is 0. The quantitative estimate of drug-likeness (QED) is 0.499. The number of unbranched alkanes of at least 4 members (excludes halogenated alkanes) is 3. The van der Waals surface area contributed by atoms with E-state index in [1.54, 1.807) is 0 Å². The minimum absolute atomic E-state index is 0.176. The number of rotatable bonds is 9. The Morgan fingerprint density at radius 1 is 1.08 bits per heavy atom. The largest absolute Gasteiger partial charge is 0.573 e. The fourth-order valence-corrected chi connectivity index (χ4v) is 2.54. The van der Waals surface area contributed by atoms with E-state index in [0.717, 1.165) is 13.0 Å². The molecule has 0 bridgehead atoms.